The Balaban J connectivity index is 2.19. The minimum absolute atomic E-state index is 0.0438. The molecule has 13 heavy (non-hydrogen) atoms. The third-order valence-corrected chi connectivity index (χ3v) is 3.20. The minimum Gasteiger partial charge on any atom is -0.393 e. The Bertz CT molecular complexity index is 135. The first-order valence-electron chi connectivity index (χ1n) is 5.18. The van der Waals surface area contributed by atoms with Crippen LogP contribution in [0.2, 0.25) is 0 Å². The molecule has 1 saturated carbocycles. The van der Waals surface area contributed by atoms with Gasteiger partial charge in [0.15, 0.2) is 0 Å². The molecule has 0 aromatic heterocycles. The maximum atomic E-state index is 9.35. The molecule has 0 aromatic rings. The van der Waals surface area contributed by atoms with Crippen molar-refractivity contribution in [2.45, 2.75) is 44.2 Å². The summed E-state index contributed by atoms with van der Waals surface area (Å²) in [6, 6.07) is 0.673. The lowest BCUT2D eigenvalue weighted by molar-refractivity contribution is 0.0844. The molecule has 1 fully saturated rings. The van der Waals surface area contributed by atoms with Gasteiger partial charge in [0.25, 0.3) is 0 Å². The first-order chi connectivity index (χ1) is 6.24. The summed E-state index contributed by atoms with van der Waals surface area (Å²) in [4.78, 5) is 2.38. The fraction of sp³-hybridized carbons (Fsp3) is 1.00. The van der Waals surface area contributed by atoms with E-state index in [1.165, 1.54) is 0 Å². The second kappa shape index (κ2) is 5.84. The number of nitrogens with zero attached hydrogens (tertiary/aromatic N) is 1. The van der Waals surface area contributed by atoms with Crippen molar-refractivity contribution < 1.29 is 5.11 Å². The highest BCUT2D eigenvalue weighted by Gasteiger charge is 2.21. The van der Waals surface area contributed by atoms with Crippen LogP contribution >= 0.6 is 11.6 Å². The molecule has 0 bridgehead atoms. The van der Waals surface area contributed by atoms with Crippen molar-refractivity contribution >= 4 is 11.6 Å². The average Bonchev–Trinajstić information content (AvgIpc) is 2.15. The Morgan fingerprint density at radius 1 is 1.31 bits per heavy atom. The van der Waals surface area contributed by atoms with E-state index in [1.807, 2.05) is 0 Å². The summed E-state index contributed by atoms with van der Waals surface area (Å²) < 4.78 is 0. The van der Waals surface area contributed by atoms with Crippen LogP contribution in [0.5, 0.6) is 0 Å². The molecule has 3 heteroatoms. The molecule has 0 unspecified atom stereocenters. The van der Waals surface area contributed by atoms with Gasteiger partial charge in [-0.25, -0.2) is 0 Å². The maximum Gasteiger partial charge on any atom is 0.0541 e. The van der Waals surface area contributed by atoms with Gasteiger partial charge in [0, 0.05) is 11.9 Å². The van der Waals surface area contributed by atoms with Crippen LogP contribution in [0.15, 0.2) is 0 Å². The fourth-order valence-corrected chi connectivity index (χ4v) is 2.11. The van der Waals surface area contributed by atoms with Gasteiger partial charge >= 0.3 is 0 Å². The second-order valence-electron chi connectivity index (χ2n) is 3.99. The van der Waals surface area contributed by atoms with Crippen molar-refractivity contribution in [2.75, 3.05) is 19.5 Å². The highest BCUT2D eigenvalue weighted by Crippen LogP contribution is 2.22. The van der Waals surface area contributed by atoms with Gasteiger partial charge in [0.05, 0.1) is 6.10 Å². The van der Waals surface area contributed by atoms with E-state index in [1.54, 1.807) is 0 Å². The van der Waals surface area contributed by atoms with Gasteiger partial charge in [-0.05, 0) is 45.7 Å². The van der Waals surface area contributed by atoms with Crippen LogP contribution in [0.4, 0.5) is 0 Å². The monoisotopic (exact) mass is 205 g/mol. The zero-order valence-electron chi connectivity index (χ0n) is 8.38. The van der Waals surface area contributed by atoms with E-state index < -0.39 is 0 Å². The molecule has 0 spiro atoms. The molecule has 0 radical (unpaired) electrons. The highest BCUT2D eigenvalue weighted by atomic mass is 35.5. The smallest absolute Gasteiger partial charge is 0.0541 e. The van der Waals surface area contributed by atoms with E-state index in [2.05, 4.69) is 11.9 Å². The lowest BCUT2D eigenvalue weighted by atomic mass is 9.92. The van der Waals surface area contributed by atoms with E-state index in [4.69, 9.17) is 11.6 Å². The Kier molecular flexibility index (Phi) is 5.07. The van der Waals surface area contributed by atoms with Gasteiger partial charge in [0.1, 0.15) is 0 Å². The summed E-state index contributed by atoms with van der Waals surface area (Å²) >= 11 is 5.64. The van der Waals surface area contributed by atoms with Gasteiger partial charge < -0.3 is 10.0 Å². The molecule has 0 heterocycles. The highest BCUT2D eigenvalue weighted by molar-refractivity contribution is 6.17. The molecule has 0 amide bonds. The van der Waals surface area contributed by atoms with Crippen LogP contribution in [0, 0.1) is 0 Å². The first-order valence-corrected chi connectivity index (χ1v) is 5.71. The Morgan fingerprint density at radius 3 is 2.46 bits per heavy atom. The predicted octanol–water partition coefficient (Wildman–Crippen LogP) is 1.85. The number of halogens is 1. The lowest BCUT2D eigenvalue weighted by Crippen LogP contribution is -2.36. The Hall–Kier alpha value is 0.210. The molecule has 0 saturated heterocycles. The van der Waals surface area contributed by atoms with Crippen LogP contribution in [-0.4, -0.2) is 41.6 Å². The zero-order valence-corrected chi connectivity index (χ0v) is 9.13. The second-order valence-corrected chi connectivity index (χ2v) is 4.36. The summed E-state index contributed by atoms with van der Waals surface area (Å²) in [5.74, 6) is 0.750. The molecular weight excluding hydrogens is 186 g/mol. The predicted molar refractivity (Wildman–Crippen MR) is 56.2 cm³/mol. The van der Waals surface area contributed by atoms with Crippen molar-refractivity contribution in [3.8, 4) is 0 Å². The number of alkyl halides is 1. The lowest BCUT2D eigenvalue weighted by Gasteiger charge is -2.32. The third kappa shape index (κ3) is 3.84. The molecule has 1 aliphatic carbocycles. The number of hydrogen-bond donors (Lipinski definition) is 1. The standard InChI is InChI=1S/C10H20ClNO/c1-12(8-2-7-11)9-3-5-10(13)6-4-9/h9-10,13H,2-8H2,1H3/t9-,10-. The van der Waals surface area contributed by atoms with Crippen molar-refractivity contribution in [3.05, 3.63) is 0 Å². The van der Waals surface area contributed by atoms with Crippen LogP contribution in [0.25, 0.3) is 0 Å². The summed E-state index contributed by atoms with van der Waals surface area (Å²) in [6.07, 6.45) is 5.24. The van der Waals surface area contributed by atoms with Gasteiger partial charge in [0.2, 0.25) is 0 Å². The van der Waals surface area contributed by atoms with Gasteiger partial charge in [-0.1, -0.05) is 0 Å². The normalized spacial score (nSPS) is 29.5. The number of aliphatic hydroxyl groups is 1. The molecule has 2 nitrogen and oxygen atoms in total. The number of hydrogen-bond acceptors (Lipinski definition) is 2. The quantitative estimate of drug-likeness (QED) is 0.709. The fourth-order valence-electron chi connectivity index (χ4n) is 1.99. The molecule has 1 aliphatic rings. The summed E-state index contributed by atoms with van der Waals surface area (Å²) in [6.45, 7) is 1.09. The summed E-state index contributed by atoms with van der Waals surface area (Å²) in [7, 11) is 2.16. The largest absolute Gasteiger partial charge is 0.393 e. The first kappa shape index (κ1) is 11.3. The average molecular weight is 206 g/mol. The summed E-state index contributed by atoms with van der Waals surface area (Å²) in [5, 5.41) is 9.35. The molecule has 1 rings (SSSR count). The third-order valence-electron chi connectivity index (χ3n) is 2.93. The minimum atomic E-state index is -0.0438. The van der Waals surface area contributed by atoms with Crippen molar-refractivity contribution in [1.29, 1.82) is 0 Å². The topological polar surface area (TPSA) is 23.5 Å². The number of rotatable bonds is 4. The van der Waals surface area contributed by atoms with E-state index in [9.17, 15) is 5.11 Å². The van der Waals surface area contributed by atoms with E-state index in [-0.39, 0.29) is 6.10 Å². The van der Waals surface area contributed by atoms with Gasteiger partial charge in [-0.3, -0.25) is 0 Å². The zero-order chi connectivity index (χ0) is 9.68. The Labute approximate surface area is 85.9 Å². The molecule has 78 valence electrons. The van der Waals surface area contributed by atoms with Gasteiger partial charge in [-0.2, -0.15) is 0 Å². The van der Waals surface area contributed by atoms with Crippen LogP contribution in [-0.2, 0) is 0 Å². The van der Waals surface area contributed by atoms with E-state index in [0.29, 0.717) is 6.04 Å². The van der Waals surface area contributed by atoms with E-state index in [0.717, 1.165) is 44.5 Å². The molecule has 1 N–H and O–H groups in total. The molecular formula is C10H20ClNO. The van der Waals surface area contributed by atoms with E-state index >= 15 is 0 Å². The van der Waals surface area contributed by atoms with Crippen molar-refractivity contribution in [1.82, 2.24) is 4.90 Å². The Morgan fingerprint density at radius 2 is 1.92 bits per heavy atom. The van der Waals surface area contributed by atoms with Crippen LogP contribution in [0.1, 0.15) is 32.1 Å². The summed E-state index contributed by atoms with van der Waals surface area (Å²) in [5.41, 5.74) is 0. The van der Waals surface area contributed by atoms with Crippen LogP contribution < -0.4 is 0 Å². The number of aliphatic hydroxyl groups excluding tert-OH is 1. The van der Waals surface area contributed by atoms with Crippen molar-refractivity contribution in [2.24, 2.45) is 0 Å². The SMILES string of the molecule is CN(CCCCl)[C@H]1CC[C@H](O)CC1. The van der Waals surface area contributed by atoms with Crippen molar-refractivity contribution in [3.63, 3.8) is 0 Å². The van der Waals surface area contributed by atoms with Crippen LogP contribution in [0.3, 0.4) is 0 Å². The molecule has 0 aromatic carbocycles. The molecule has 0 aliphatic heterocycles. The molecule has 0 atom stereocenters. The maximum absolute atomic E-state index is 9.35. The van der Waals surface area contributed by atoms with Gasteiger partial charge in [-0.15, -0.1) is 11.6 Å².